The molecule has 2 atom stereocenters. The molecule has 3 heteroatoms. The Balaban J connectivity index is 1.65. The molecule has 18 heavy (non-hydrogen) atoms. The van der Waals surface area contributed by atoms with Crippen molar-refractivity contribution in [3.63, 3.8) is 0 Å². The van der Waals surface area contributed by atoms with Crippen LogP contribution in [0.2, 0.25) is 0 Å². The Morgan fingerprint density at radius 1 is 1.33 bits per heavy atom. The van der Waals surface area contributed by atoms with Gasteiger partial charge in [-0.25, -0.2) is 0 Å². The Kier molecular flexibility index (Phi) is 3.62. The molecule has 1 aromatic heterocycles. The lowest BCUT2D eigenvalue weighted by molar-refractivity contribution is 0.206. The third-order valence-electron chi connectivity index (χ3n) is 4.34. The number of hydrogen-bond donors (Lipinski definition) is 1. The Morgan fingerprint density at radius 3 is 3.00 bits per heavy atom. The van der Waals surface area contributed by atoms with Crippen LogP contribution in [0, 0.1) is 6.92 Å². The van der Waals surface area contributed by atoms with Crippen molar-refractivity contribution in [2.45, 2.75) is 51.2 Å². The second kappa shape index (κ2) is 5.37. The summed E-state index contributed by atoms with van der Waals surface area (Å²) in [6.07, 6.45) is 7.44. The highest BCUT2D eigenvalue weighted by atomic mass is 15.2. The highest BCUT2D eigenvalue weighted by Crippen LogP contribution is 2.26. The maximum Gasteiger partial charge on any atom is 0.0372 e. The van der Waals surface area contributed by atoms with Gasteiger partial charge in [0.25, 0.3) is 0 Å². The van der Waals surface area contributed by atoms with Crippen LogP contribution >= 0.6 is 0 Å². The summed E-state index contributed by atoms with van der Waals surface area (Å²) >= 11 is 0. The van der Waals surface area contributed by atoms with E-state index in [1.807, 2.05) is 13.1 Å². The number of aryl methyl sites for hydroxylation is 1. The molecule has 2 aliphatic heterocycles. The summed E-state index contributed by atoms with van der Waals surface area (Å²) in [5, 5.41) is 3.67. The maximum absolute atomic E-state index is 4.40. The molecule has 2 unspecified atom stereocenters. The molecule has 1 aromatic rings. The normalized spacial score (nSPS) is 28.9. The first kappa shape index (κ1) is 12.1. The van der Waals surface area contributed by atoms with Crippen LogP contribution in [0.5, 0.6) is 0 Å². The van der Waals surface area contributed by atoms with Crippen molar-refractivity contribution in [1.29, 1.82) is 0 Å². The van der Waals surface area contributed by atoms with E-state index < -0.39 is 0 Å². The topological polar surface area (TPSA) is 28.2 Å². The van der Waals surface area contributed by atoms with Crippen LogP contribution in [-0.2, 0) is 6.54 Å². The molecule has 98 valence electrons. The summed E-state index contributed by atoms with van der Waals surface area (Å²) in [4.78, 5) is 7.05. The molecule has 3 rings (SSSR count). The molecule has 0 radical (unpaired) electrons. The van der Waals surface area contributed by atoms with Gasteiger partial charge in [0.05, 0.1) is 0 Å². The fraction of sp³-hybridized carbons (Fsp3) is 0.667. The van der Waals surface area contributed by atoms with Crippen molar-refractivity contribution in [2.75, 3.05) is 13.1 Å². The standard InChI is InChI=1S/C15H23N3/c1-12-6-7-13(10-17-12)11-18-9-3-5-15(18)14-4-2-8-16-14/h6-7,10,14-16H,2-5,8-9,11H2,1H3. The van der Waals surface area contributed by atoms with Crippen LogP contribution in [0.4, 0.5) is 0 Å². The minimum Gasteiger partial charge on any atom is -0.312 e. The molecule has 0 amide bonds. The summed E-state index contributed by atoms with van der Waals surface area (Å²) in [5.74, 6) is 0. The van der Waals surface area contributed by atoms with E-state index in [4.69, 9.17) is 0 Å². The molecular formula is C15H23N3. The number of hydrogen-bond acceptors (Lipinski definition) is 3. The van der Waals surface area contributed by atoms with E-state index in [2.05, 4.69) is 27.3 Å². The molecule has 0 spiro atoms. The van der Waals surface area contributed by atoms with Crippen molar-refractivity contribution in [3.05, 3.63) is 29.6 Å². The zero-order valence-corrected chi connectivity index (χ0v) is 11.2. The molecule has 3 heterocycles. The molecule has 3 nitrogen and oxygen atoms in total. The molecule has 0 aliphatic carbocycles. The Labute approximate surface area is 110 Å². The molecule has 0 bridgehead atoms. The average Bonchev–Trinajstić information content (AvgIpc) is 3.02. The fourth-order valence-electron chi connectivity index (χ4n) is 3.37. The van der Waals surface area contributed by atoms with Gasteiger partial charge >= 0.3 is 0 Å². The minimum atomic E-state index is 0.728. The Hall–Kier alpha value is -0.930. The van der Waals surface area contributed by atoms with Crippen LogP contribution in [0.25, 0.3) is 0 Å². The van der Waals surface area contributed by atoms with Crippen LogP contribution in [0.1, 0.15) is 36.9 Å². The fourth-order valence-corrected chi connectivity index (χ4v) is 3.37. The Bertz CT molecular complexity index is 381. The van der Waals surface area contributed by atoms with E-state index in [1.165, 1.54) is 44.3 Å². The predicted molar refractivity (Wildman–Crippen MR) is 73.4 cm³/mol. The minimum absolute atomic E-state index is 0.728. The molecule has 2 aliphatic rings. The molecule has 2 fully saturated rings. The van der Waals surface area contributed by atoms with Gasteiger partial charge in [0.15, 0.2) is 0 Å². The number of rotatable bonds is 3. The zero-order chi connectivity index (χ0) is 12.4. The van der Waals surface area contributed by atoms with Gasteiger partial charge in [-0.15, -0.1) is 0 Å². The lowest BCUT2D eigenvalue weighted by Gasteiger charge is -2.29. The monoisotopic (exact) mass is 245 g/mol. The van der Waals surface area contributed by atoms with Gasteiger partial charge in [-0.1, -0.05) is 6.07 Å². The van der Waals surface area contributed by atoms with Gasteiger partial charge in [0, 0.05) is 30.5 Å². The first-order valence-corrected chi connectivity index (χ1v) is 7.22. The SMILES string of the molecule is Cc1ccc(CN2CCCC2C2CCCN2)cn1. The van der Waals surface area contributed by atoms with E-state index in [1.54, 1.807) is 0 Å². The smallest absolute Gasteiger partial charge is 0.0372 e. The van der Waals surface area contributed by atoms with E-state index >= 15 is 0 Å². The third-order valence-corrected chi connectivity index (χ3v) is 4.34. The largest absolute Gasteiger partial charge is 0.312 e. The van der Waals surface area contributed by atoms with Gasteiger partial charge in [-0.3, -0.25) is 9.88 Å². The van der Waals surface area contributed by atoms with Crippen LogP contribution < -0.4 is 5.32 Å². The van der Waals surface area contributed by atoms with E-state index in [0.717, 1.165) is 24.3 Å². The summed E-state index contributed by atoms with van der Waals surface area (Å²) < 4.78 is 0. The number of nitrogens with one attached hydrogen (secondary N) is 1. The van der Waals surface area contributed by atoms with Crippen molar-refractivity contribution in [2.24, 2.45) is 0 Å². The Morgan fingerprint density at radius 2 is 2.28 bits per heavy atom. The average molecular weight is 245 g/mol. The van der Waals surface area contributed by atoms with Crippen molar-refractivity contribution < 1.29 is 0 Å². The van der Waals surface area contributed by atoms with Gasteiger partial charge in [0.1, 0.15) is 0 Å². The van der Waals surface area contributed by atoms with Crippen molar-refractivity contribution in [3.8, 4) is 0 Å². The summed E-state index contributed by atoms with van der Waals surface area (Å²) in [6, 6.07) is 5.81. The van der Waals surface area contributed by atoms with E-state index in [-0.39, 0.29) is 0 Å². The van der Waals surface area contributed by atoms with Gasteiger partial charge < -0.3 is 5.32 Å². The highest BCUT2D eigenvalue weighted by Gasteiger charge is 2.32. The van der Waals surface area contributed by atoms with Crippen LogP contribution in [0.15, 0.2) is 18.3 Å². The predicted octanol–water partition coefficient (Wildman–Crippen LogP) is 2.11. The summed E-state index contributed by atoms with van der Waals surface area (Å²) in [6.45, 7) is 5.57. The van der Waals surface area contributed by atoms with E-state index in [0.29, 0.717) is 0 Å². The lowest BCUT2D eigenvalue weighted by Crippen LogP contribution is -2.43. The second-order valence-electron chi connectivity index (χ2n) is 5.69. The molecule has 0 aromatic carbocycles. The molecule has 0 saturated carbocycles. The van der Waals surface area contributed by atoms with Crippen molar-refractivity contribution in [1.82, 2.24) is 15.2 Å². The van der Waals surface area contributed by atoms with E-state index in [9.17, 15) is 0 Å². The van der Waals surface area contributed by atoms with Gasteiger partial charge in [0.2, 0.25) is 0 Å². The quantitative estimate of drug-likeness (QED) is 0.884. The number of nitrogens with zero attached hydrogens (tertiary/aromatic N) is 2. The molecule has 2 saturated heterocycles. The number of aromatic nitrogens is 1. The van der Waals surface area contributed by atoms with Gasteiger partial charge in [-0.2, -0.15) is 0 Å². The lowest BCUT2D eigenvalue weighted by atomic mass is 10.0. The maximum atomic E-state index is 4.40. The first-order valence-electron chi connectivity index (χ1n) is 7.22. The van der Waals surface area contributed by atoms with Crippen molar-refractivity contribution >= 4 is 0 Å². The second-order valence-corrected chi connectivity index (χ2v) is 5.69. The van der Waals surface area contributed by atoms with Crippen LogP contribution in [0.3, 0.4) is 0 Å². The molecule has 1 N–H and O–H groups in total. The third kappa shape index (κ3) is 2.57. The zero-order valence-electron chi connectivity index (χ0n) is 11.2. The highest BCUT2D eigenvalue weighted by molar-refractivity contribution is 5.13. The first-order chi connectivity index (χ1) is 8.83. The summed E-state index contributed by atoms with van der Waals surface area (Å²) in [7, 11) is 0. The summed E-state index contributed by atoms with van der Waals surface area (Å²) in [5.41, 5.74) is 2.46. The number of likely N-dealkylation sites (tertiary alicyclic amines) is 1. The van der Waals surface area contributed by atoms with Gasteiger partial charge in [-0.05, 0) is 57.3 Å². The number of pyridine rings is 1. The van der Waals surface area contributed by atoms with Crippen LogP contribution in [-0.4, -0.2) is 35.1 Å². The molecular weight excluding hydrogens is 222 g/mol.